The van der Waals surface area contributed by atoms with Crippen LogP contribution in [0.25, 0.3) is 0 Å². The van der Waals surface area contributed by atoms with Crippen molar-refractivity contribution in [1.82, 2.24) is 0 Å². The Labute approximate surface area is 167 Å². The Bertz CT molecular complexity index is 670. The average molecular weight is 395 g/mol. The molecule has 0 aromatic carbocycles. The fourth-order valence-electron chi connectivity index (χ4n) is 3.82. The summed E-state index contributed by atoms with van der Waals surface area (Å²) >= 11 is 1.36. The molecule has 0 aromatic rings. The average Bonchev–Trinajstić information content (AvgIpc) is 2.44. The highest BCUT2D eigenvalue weighted by atomic mass is 32.2. The molecule has 4 nitrogen and oxygen atoms in total. The summed E-state index contributed by atoms with van der Waals surface area (Å²) in [5.74, 6) is 0.211. The molecule has 0 fully saturated rings. The number of thioether (sulfide) groups is 1. The van der Waals surface area contributed by atoms with Crippen molar-refractivity contribution in [2.45, 2.75) is 77.1 Å². The fraction of sp³-hybridized carbons (Fsp3) is 0.636. The van der Waals surface area contributed by atoms with Crippen LogP contribution in [-0.2, 0) is 0 Å². The van der Waals surface area contributed by atoms with Crippen LogP contribution in [0, 0.1) is 10.8 Å². The van der Waals surface area contributed by atoms with Gasteiger partial charge in [0.25, 0.3) is 0 Å². The standard InChI is InChI=1S/C22H34O4S/c1-19(2,3)15-9-13(23)11-21(7,17(15)25)27-22(8)12-14(24)10-16(18(22)26)20(4,5)6/h9-12,17-18,23-26H,1-8H3. The van der Waals surface area contributed by atoms with Crippen LogP contribution in [-0.4, -0.2) is 42.1 Å². The van der Waals surface area contributed by atoms with E-state index in [0.717, 1.165) is 11.1 Å². The molecule has 4 unspecified atom stereocenters. The van der Waals surface area contributed by atoms with Crippen molar-refractivity contribution in [2.24, 2.45) is 10.8 Å². The first-order valence-corrected chi connectivity index (χ1v) is 10.2. The fourth-order valence-corrected chi connectivity index (χ4v) is 5.60. The SMILES string of the molecule is CC(C)(C)C1=CC(O)=CC(C)(SC2(C)C=C(O)C=C(C(C)(C)C)C2O)C1O. The van der Waals surface area contributed by atoms with Crippen LogP contribution in [0.5, 0.6) is 0 Å². The molecular weight excluding hydrogens is 360 g/mol. The molecular formula is C22H34O4S. The molecule has 2 aliphatic carbocycles. The molecule has 152 valence electrons. The number of rotatable bonds is 2. The lowest BCUT2D eigenvalue weighted by Gasteiger charge is -2.47. The summed E-state index contributed by atoms with van der Waals surface area (Å²) in [6.45, 7) is 15.7. The normalized spacial score (nSPS) is 35.2. The van der Waals surface area contributed by atoms with E-state index in [1.54, 1.807) is 24.3 Å². The molecule has 4 atom stereocenters. The Morgan fingerprint density at radius 1 is 0.741 bits per heavy atom. The molecule has 0 aliphatic heterocycles. The highest BCUT2D eigenvalue weighted by molar-refractivity contribution is 8.02. The summed E-state index contributed by atoms with van der Waals surface area (Å²) in [5.41, 5.74) is 0.853. The van der Waals surface area contributed by atoms with E-state index < -0.39 is 21.7 Å². The number of aliphatic hydroxyl groups is 4. The van der Waals surface area contributed by atoms with E-state index in [1.807, 2.05) is 55.4 Å². The maximum Gasteiger partial charge on any atom is 0.113 e. The van der Waals surface area contributed by atoms with Gasteiger partial charge in [-0.05, 0) is 60.1 Å². The predicted molar refractivity (Wildman–Crippen MR) is 113 cm³/mol. The van der Waals surface area contributed by atoms with Crippen molar-refractivity contribution in [3.05, 3.63) is 47.0 Å². The highest BCUT2D eigenvalue weighted by Crippen LogP contribution is 2.52. The minimum absolute atomic E-state index is 0.105. The van der Waals surface area contributed by atoms with E-state index in [2.05, 4.69) is 0 Å². The zero-order chi connectivity index (χ0) is 21.0. The molecule has 0 radical (unpaired) electrons. The maximum atomic E-state index is 11.1. The Kier molecular flexibility index (Phi) is 5.50. The van der Waals surface area contributed by atoms with Crippen molar-refractivity contribution < 1.29 is 20.4 Å². The molecule has 0 amide bonds. The zero-order valence-corrected chi connectivity index (χ0v) is 18.5. The number of allylic oxidation sites excluding steroid dienone is 2. The predicted octanol–water partition coefficient (Wildman–Crippen LogP) is 4.81. The number of hydrogen-bond acceptors (Lipinski definition) is 5. The van der Waals surface area contributed by atoms with Gasteiger partial charge in [0.15, 0.2) is 0 Å². The van der Waals surface area contributed by atoms with Gasteiger partial charge >= 0.3 is 0 Å². The van der Waals surface area contributed by atoms with Crippen molar-refractivity contribution in [3.63, 3.8) is 0 Å². The summed E-state index contributed by atoms with van der Waals surface area (Å²) in [6, 6.07) is 0. The van der Waals surface area contributed by atoms with E-state index in [0.29, 0.717) is 0 Å². The van der Waals surface area contributed by atoms with Crippen LogP contribution in [0.15, 0.2) is 47.0 Å². The first-order valence-electron chi connectivity index (χ1n) is 9.34. The minimum Gasteiger partial charge on any atom is -0.508 e. The van der Waals surface area contributed by atoms with E-state index in [-0.39, 0.29) is 22.3 Å². The van der Waals surface area contributed by atoms with Gasteiger partial charge in [-0.15, -0.1) is 11.8 Å². The van der Waals surface area contributed by atoms with Crippen LogP contribution < -0.4 is 0 Å². The van der Waals surface area contributed by atoms with E-state index in [1.165, 1.54) is 11.8 Å². The second-order valence-corrected chi connectivity index (χ2v) is 12.1. The Morgan fingerprint density at radius 2 is 1.04 bits per heavy atom. The van der Waals surface area contributed by atoms with Gasteiger partial charge in [0.05, 0.1) is 21.7 Å². The van der Waals surface area contributed by atoms with Crippen molar-refractivity contribution in [3.8, 4) is 0 Å². The van der Waals surface area contributed by atoms with Gasteiger partial charge in [-0.2, -0.15) is 0 Å². The third-order valence-corrected chi connectivity index (χ3v) is 6.88. The van der Waals surface area contributed by atoms with Crippen molar-refractivity contribution in [2.75, 3.05) is 0 Å². The first-order chi connectivity index (χ1) is 12.0. The molecule has 4 N–H and O–H groups in total. The molecule has 0 bridgehead atoms. The lowest BCUT2D eigenvalue weighted by Crippen LogP contribution is -2.49. The van der Waals surface area contributed by atoms with Gasteiger partial charge in [0.2, 0.25) is 0 Å². The van der Waals surface area contributed by atoms with E-state index in [9.17, 15) is 20.4 Å². The van der Waals surface area contributed by atoms with Crippen LogP contribution in [0.1, 0.15) is 55.4 Å². The Hall–Kier alpha value is -1.17. The Balaban J connectivity index is 2.46. The van der Waals surface area contributed by atoms with Gasteiger partial charge in [-0.3, -0.25) is 0 Å². The molecule has 0 heterocycles. The second kappa shape index (κ2) is 6.71. The molecule has 0 spiro atoms. The van der Waals surface area contributed by atoms with Gasteiger partial charge < -0.3 is 20.4 Å². The molecule has 0 aromatic heterocycles. The highest BCUT2D eigenvalue weighted by Gasteiger charge is 2.49. The second-order valence-electron chi connectivity index (χ2n) is 10.1. The van der Waals surface area contributed by atoms with Gasteiger partial charge in [0.1, 0.15) is 11.5 Å². The van der Waals surface area contributed by atoms with Crippen LogP contribution >= 0.6 is 11.8 Å². The van der Waals surface area contributed by atoms with Gasteiger partial charge in [0, 0.05) is 0 Å². The van der Waals surface area contributed by atoms with Crippen molar-refractivity contribution >= 4 is 11.8 Å². The summed E-state index contributed by atoms with van der Waals surface area (Å²) < 4.78 is -1.73. The van der Waals surface area contributed by atoms with Crippen LogP contribution in [0.2, 0.25) is 0 Å². The molecule has 2 rings (SSSR count). The zero-order valence-electron chi connectivity index (χ0n) is 17.7. The van der Waals surface area contributed by atoms with E-state index in [4.69, 9.17) is 0 Å². The maximum absolute atomic E-state index is 11.1. The van der Waals surface area contributed by atoms with Crippen LogP contribution in [0.3, 0.4) is 0 Å². The monoisotopic (exact) mass is 394 g/mol. The van der Waals surface area contributed by atoms with Gasteiger partial charge in [-0.1, -0.05) is 41.5 Å². The molecule has 2 aliphatic rings. The third kappa shape index (κ3) is 4.30. The molecule has 27 heavy (non-hydrogen) atoms. The summed E-state index contributed by atoms with van der Waals surface area (Å²) in [5, 5.41) is 42.9. The summed E-state index contributed by atoms with van der Waals surface area (Å²) in [4.78, 5) is 0. The number of aliphatic hydroxyl groups excluding tert-OH is 4. The topological polar surface area (TPSA) is 80.9 Å². The van der Waals surface area contributed by atoms with E-state index >= 15 is 0 Å². The van der Waals surface area contributed by atoms with Crippen LogP contribution in [0.4, 0.5) is 0 Å². The van der Waals surface area contributed by atoms with Gasteiger partial charge in [-0.25, -0.2) is 0 Å². The van der Waals surface area contributed by atoms with Crippen molar-refractivity contribution in [1.29, 1.82) is 0 Å². The molecule has 0 saturated carbocycles. The minimum atomic E-state index is -0.867. The Morgan fingerprint density at radius 3 is 1.30 bits per heavy atom. The lowest BCUT2D eigenvalue weighted by atomic mass is 9.76. The molecule has 5 heteroatoms. The largest absolute Gasteiger partial charge is 0.508 e. The quantitative estimate of drug-likeness (QED) is 0.540. The summed E-state index contributed by atoms with van der Waals surface area (Å²) in [7, 11) is 0. The lowest BCUT2D eigenvalue weighted by molar-refractivity contribution is 0.147. The molecule has 0 saturated heterocycles. The first kappa shape index (κ1) is 22.1. The number of hydrogen-bond donors (Lipinski definition) is 4. The summed E-state index contributed by atoms with van der Waals surface area (Å²) in [6.07, 6.45) is 4.86. The third-order valence-electron chi connectivity index (χ3n) is 5.32. The smallest absolute Gasteiger partial charge is 0.113 e.